The van der Waals surface area contributed by atoms with E-state index in [4.69, 9.17) is 25.3 Å². The average Bonchev–Trinajstić information content (AvgIpc) is 3.28. The molecule has 5 rings (SSSR count). The molecule has 0 amide bonds. The number of hydrogen-bond acceptors (Lipinski definition) is 6. The first-order valence-electron chi connectivity index (χ1n) is 9.60. The molecular weight excluding hydrogens is 390 g/mol. The van der Waals surface area contributed by atoms with E-state index >= 15 is 0 Å². The van der Waals surface area contributed by atoms with Crippen molar-refractivity contribution in [3.05, 3.63) is 53.2 Å². The van der Waals surface area contributed by atoms with Gasteiger partial charge in [-0.2, -0.15) is 4.98 Å². The van der Waals surface area contributed by atoms with Gasteiger partial charge in [-0.15, -0.1) is 0 Å². The van der Waals surface area contributed by atoms with Crippen LogP contribution < -0.4 is 10.1 Å². The van der Waals surface area contributed by atoms with Crippen LogP contribution in [0.25, 0.3) is 33.8 Å². The molecular formula is C22H20ClN3O3. The Kier molecular flexibility index (Phi) is 4.53. The number of halogens is 1. The van der Waals surface area contributed by atoms with E-state index in [1.165, 1.54) is 0 Å². The normalized spacial score (nSPS) is 15.9. The molecule has 2 aromatic heterocycles. The maximum Gasteiger partial charge on any atom is 0.258 e. The van der Waals surface area contributed by atoms with E-state index in [9.17, 15) is 0 Å². The standard InChI is InChI=1S/C22H20ClN3O3/c1-12(2)11-27-19-6-4-14(8-16(19)23)22-25-21(26-29-22)13-3-5-18-15(7-13)9-20(28-18)17-10-24-17/h3-9,12,17,24H,10-11H2,1-2H3. The molecule has 0 saturated carbocycles. The molecule has 7 heteroatoms. The van der Waals surface area contributed by atoms with Crippen molar-refractivity contribution in [1.29, 1.82) is 0 Å². The highest BCUT2D eigenvalue weighted by molar-refractivity contribution is 6.32. The van der Waals surface area contributed by atoms with Crippen LogP contribution >= 0.6 is 11.6 Å². The Morgan fingerprint density at radius 3 is 2.76 bits per heavy atom. The molecule has 1 fully saturated rings. The lowest BCUT2D eigenvalue weighted by molar-refractivity contribution is 0.271. The van der Waals surface area contributed by atoms with Gasteiger partial charge in [-0.3, -0.25) is 0 Å². The third kappa shape index (κ3) is 3.73. The number of rotatable bonds is 6. The summed E-state index contributed by atoms with van der Waals surface area (Å²) in [5.41, 5.74) is 2.47. The smallest absolute Gasteiger partial charge is 0.258 e. The molecule has 1 atom stereocenters. The minimum atomic E-state index is 0.333. The van der Waals surface area contributed by atoms with E-state index in [1.807, 2.05) is 30.3 Å². The monoisotopic (exact) mass is 409 g/mol. The number of nitrogens with zero attached hydrogens (tertiary/aromatic N) is 2. The Labute approximate surface area is 172 Å². The minimum absolute atomic E-state index is 0.333. The second-order valence-corrected chi connectivity index (χ2v) is 8.04. The zero-order chi connectivity index (χ0) is 20.0. The third-order valence-corrected chi connectivity index (χ3v) is 5.02. The number of fused-ring (bicyclic) bond motifs is 1. The quantitative estimate of drug-likeness (QED) is 0.424. The van der Waals surface area contributed by atoms with Crippen LogP contribution in [0.4, 0.5) is 0 Å². The van der Waals surface area contributed by atoms with Gasteiger partial charge in [0.15, 0.2) is 0 Å². The predicted octanol–water partition coefficient (Wildman–Crippen LogP) is 5.48. The fourth-order valence-corrected chi connectivity index (χ4v) is 3.34. The van der Waals surface area contributed by atoms with Gasteiger partial charge in [0.25, 0.3) is 5.89 Å². The third-order valence-electron chi connectivity index (χ3n) is 4.72. The molecule has 148 valence electrons. The molecule has 4 aromatic rings. The predicted molar refractivity (Wildman–Crippen MR) is 111 cm³/mol. The largest absolute Gasteiger partial charge is 0.492 e. The van der Waals surface area contributed by atoms with E-state index in [1.54, 1.807) is 6.07 Å². The van der Waals surface area contributed by atoms with Gasteiger partial charge in [-0.25, -0.2) is 0 Å². The number of aromatic nitrogens is 2. The van der Waals surface area contributed by atoms with Gasteiger partial charge < -0.3 is 19.0 Å². The molecule has 1 unspecified atom stereocenters. The lowest BCUT2D eigenvalue weighted by atomic mass is 10.1. The number of ether oxygens (including phenoxy) is 1. The maximum atomic E-state index is 6.35. The van der Waals surface area contributed by atoms with Crippen LogP contribution in [-0.4, -0.2) is 23.3 Å². The van der Waals surface area contributed by atoms with Crippen LogP contribution in [0.5, 0.6) is 5.75 Å². The number of benzene rings is 2. The fraction of sp³-hybridized carbons (Fsp3) is 0.273. The van der Waals surface area contributed by atoms with Crippen molar-refractivity contribution in [2.24, 2.45) is 5.92 Å². The van der Waals surface area contributed by atoms with Gasteiger partial charge in [0.05, 0.1) is 17.7 Å². The Bertz CT molecular complexity index is 1180. The molecule has 1 N–H and O–H groups in total. The Morgan fingerprint density at radius 1 is 1.17 bits per heavy atom. The van der Waals surface area contributed by atoms with Gasteiger partial charge >= 0.3 is 0 Å². The second-order valence-electron chi connectivity index (χ2n) is 7.64. The van der Waals surface area contributed by atoms with E-state index in [-0.39, 0.29) is 0 Å². The highest BCUT2D eigenvalue weighted by atomic mass is 35.5. The summed E-state index contributed by atoms with van der Waals surface area (Å²) in [7, 11) is 0. The first-order valence-corrected chi connectivity index (χ1v) is 9.98. The van der Waals surface area contributed by atoms with Gasteiger partial charge in [0.1, 0.15) is 17.1 Å². The van der Waals surface area contributed by atoms with E-state index in [2.05, 4.69) is 35.4 Å². The summed E-state index contributed by atoms with van der Waals surface area (Å²) < 4.78 is 17.0. The molecule has 2 aromatic carbocycles. The van der Waals surface area contributed by atoms with Gasteiger partial charge in [0.2, 0.25) is 5.82 Å². The zero-order valence-electron chi connectivity index (χ0n) is 16.1. The van der Waals surface area contributed by atoms with Crippen LogP contribution in [0.2, 0.25) is 5.02 Å². The molecule has 1 saturated heterocycles. The SMILES string of the molecule is CC(C)COc1ccc(-c2nc(-c3ccc4oc(C5CN5)cc4c3)no2)cc1Cl. The van der Waals surface area contributed by atoms with E-state index < -0.39 is 0 Å². The Balaban J connectivity index is 1.40. The maximum absolute atomic E-state index is 6.35. The van der Waals surface area contributed by atoms with Crippen molar-refractivity contribution in [2.75, 3.05) is 13.2 Å². The molecule has 29 heavy (non-hydrogen) atoms. The molecule has 1 aliphatic heterocycles. The molecule has 0 spiro atoms. The van der Waals surface area contributed by atoms with Crippen LogP contribution in [0.1, 0.15) is 25.6 Å². The Hall–Kier alpha value is -2.83. The number of nitrogens with one attached hydrogen (secondary N) is 1. The average molecular weight is 410 g/mol. The van der Waals surface area contributed by atoms with E-state index in [0.717, 1.165) is 34.4 Å². The van der Waals surface area contributed by atoms with Crippen molar-refractivity contribution in [1.82, 2.24) is 15.5 Å². The lowest BCUT2D eigenvalue weighted by Crippen LogP contribution is -2.04. The topological polar surface area (TPSA) is 83.2 Å². The molecule has 0 bridgehead atoms. The molecule has 0 radical (unpaired) electrons. The second kappa shape index (κ2) is 7.21. The van der Waals surface area contributed by atoms with Gasteiger partial charge in [-0.1, -0.05) is 30.6 Å². The summed E-state index contributed by atoms with van der Waals surface area (Å²) in [6, 6.07) is 13.7. The van der Waals surface area contributed by atoms with Crippen molar-refractivity contribution in [3.8, 4) is 28.6 Å². The van der Waals surface area contributed by atoms with Crippen LogP contribution in [0.15, 0.2) is 51.4 Å². The highest BCUT2D eigenvalue weighted by Gasteiger charge is 2.26. The van der Waals surface area contributed by atoms with Crippen LogP contribution in [0, 0.1) is 5.92 Å². The van der Waals surface area contributed by atoms with Crippen LogP contribution in [0.3, 0.4) is 0 Å². The Morgan fingerprint density at radius 2 is 2.00 bits per heavy atom. The van der Waals surface area contributed by atoms with Gasteiger partial charge in [0, 0.05) is 23.1 Å². The zero-order valence-corrected chi connectivity index (χ0v) is 16.9. The summed E-state index contributed by atoms with van der Waals surface area (Å²) in [5.74, 6) is 2.96. The first-order chi connectivity index (χ1) is 14.1. The summed E-state index contributed by atoms with van der Waals surface area (Å²) in [6.07, 6.45) is 0. The molecule has 3 heterocycles. The fourth-order valence-electron chi connectivity index (χ4n) is 3.10. The summed E-state index contributed by atoms with van der Waals surface area (Å²) in [6.45, 7) is 5.75. The minimum Gasteiger partial charge on any atom is -0.492 e. The van der Waals surface area contributed by atoms with Crippen LogP contribution in [-0.2, 0) is 0 Å². The molecule has 6 nitrogen and oxygen atoms in total. The molecule has 0 aliphatic carbocycles. The van der Waals surface area contributed by atoms with Crippen molar-refractivity contribution in [3.63, 3.8) is 0 Å². The lowest BCUT2D eigenvalue weighted by Gasteiger charge is -2.10. The van der Waals surface area contributed by atoms with E-state index in [0.29, 0.717) is 41.1 Å². The van der Waals surface area contributed by atoms with Crippen molar-refractivity contribution in [2.45, 2.75) is 19.9 Å². The first kappa shape index (κ1) is 18.2. The summed E-state index contributed by atoms with van der Waals surface area (Å²) in [4.78, 5) is 4.54. The highest BCUT2D eigenvalue weighted by Crippen LogP contribution is 2.33. The summed E-state index contributed by atoms with van der Waals surface area (Å²) >= 11 is 6.35. The van der Waals surface area contributed by atoms with Gasteiger partial charge in [-0.05, 0) is 48.4 Å². The number of hydrogen-bond donors (Lipinski definition) is 1. The summed E-state index contributed by atoms with van der Waals surface area (Å²) in [5, 5.41) is 8.92. The van der Waals surface area contributed by atoms with Crippen molar-refractivity contribution < 1.29 is 13.7 Å². The number of furan rings is 1. The van der Waals surface area contributed by atoms with Crippen molar-refractivity contribution >= 4 is 22.6 Å². The molecule has 1 aliphatic rings.